The van der Waals surface area contributed by atoms with Crippen LogP contribution in [0.15, 0.2) is 18.3 Å². The van der Waals surface area contributed by atoms with Crippen LogP contribution in [0.1, 0.15) is 33.1 Å². The monoisotopic (exact) mass is 249 g/mol. The third-order valence-corrected chi connectivity index (χ3v) is 3.42. The van der Waals surface area contributed by atoms with Crippen molar-refractivity contribution < 1.29 is 4.74 Å². The molecule has 1 saturated carbocycles. The zero-order valence-electron chi connectivity index (χ0n) is 11.2. The van der Waals surface area contributed by atoms with E-state index in [1.165, 1.54) is 19.3 Å². The normalized spacial score (nSPS) is 23.3. The Morgan fingerprint density at radius 1 is 1.50 bits per heavy atom. The number of aromatic nitrogens is 1. The fourth-order valence-corrected chi connectivity index (χ4v) is 2.53. The highest BCUT2D eigenvalue weighted by atomic mass is 16.5. The molecule has 1 aromatic heterocycles. The Hall–Kier alpha value is -1.29. The van der Waals surface area contributed by atoms with Crippen LogP contribution in [-0.2, 0) is 0 Å². The summed E-state index contributed by atoms with van der Waals surface area (Å²) in [5, 5.41) is 3.55. The van der Waals surface area contributed by atoms with Gasteiger partial charge in [0.25, 0.3) is 0 Å². The van der Waals surface area contributed by atoms with E-state index in [2.05, 4.69) is 10.3 Å². The summed E-state index contributed by atoms with van der Waals surface area (Å²) in [6, 6.07) is 4.41. The van der Waals surface area contributed by atoms with E-state index >= 15 is 0 Å². The van der Waals surface area contributed by atoms with Gasteiger partial charge in [-0.05, 0) is 51.3 Å². The molecule has 2 atom stereocenters. The summed E-state index contributed by atoms with van der Waals surface area (Å²) < 4.78 is 5.72. The maximum atomic E-state index is 5.81. The molecule has 0 aromatic carbocycles. The van der Waals surface area contributed by atoms with Gasteiger partial charge in [-0.3, -0.25) is 0 Å². The second-order valence-corrected chi connectivity index (χ2v) is 5.20. The van der Waals surface area contributed by atoms with E-state index in [-0.39, 0.29) is 6.10 Å². The van der Waals surface area contributed by atoms with Crippen molar-refractivity contribution in [3.63, 3.8) is 0 Å². The smallest absolute Gasteiger partial charge is 0.237 e. The predicted octanol–water partition coefficient (Wildman–Crippen LogP) is 2.41. The molecule has 1 aliphatic carbocycles. The van der Waals surface area contributed by atoms with Gasteiger partial charge in [0.2, 0.25) is 5.88 Å². The molecule has 1 aliphatic rings. The zero-order chi connectivity index (χ0) is 13.0. The van der Waals surface area contributed by atoms with Gasteiger partial charge in [0.1, 0.15) is 0 Å². The second kappa shape index (κ2) is 6.05. The fourth-order valence-electron chi connectivity index (χ4n) is 2.53. The summed E-state index contributed by atoms with van der Waals surface area (Å²) >= 11 is 0. The van der Waals surface area contributed by atoms with Crippen molar-refractivity contribution in [2.45, 2.75) is 45.3 Å². The number of pyridine rings is 1. The quantitative estimate of drug-likeness (QED) is 0.841. The molecule has 4 heteroatoms. The lowest BCUT2D eigenvalue weighted by Gasteiger charge is -2.22. The third-order valence-electron chi connectivity index (χ3n) is 3.42. The summed E-state index contributed by atoms with van der Waals surface area (Å²) in [5.74, 6) is 1.26. The Kier molecular flexibility index (Phi) is 4.42. The van der Waals surface area contributed by atoms with Crippen LogP contribution < -0.4 is 15.8 Å². The molecule has 100 valence electrons. The highest BCUT2D eigenvalue weighted by Crippen LogP contribution is 2.30. The number of nitrogens with zero attached hydrogens (tertiary/aromatic N) is 1. The highest BCUT2D eigenvalue weighted by Gasteiger charge is 2.26. The van der Waals surface area contributed by atoms with Crippen molar-refractivity contribution in [3.8, 4) is 5.88 Å². The molecule has 3 N–H and O–H groups in total. The number of rotatable bonds is 5. The number of ether oxygens (including phenoxy) is 1. The van der Waals surface area contributed by atoms with E-state index in [0.29, 0.717) is 17.8 Å². The third kappa shape index (κ3) is 3.13. The van der Waals surface area contributed by atoms with Gasteiger partial charge in [0.05, 0.1) is 11.8 Å². The number of nitrogens with two attached hydrogens (primary N) is 1. The van der Waals surface area contributed by atoms with Crippen molar-refractivity contribution in [1.82, 2.24) is 4.98 Å². The molecule has 2 rings (SSSR count). The maximum absolute atomic E-state index is 5.81. The van der Waals surface area contributed by atoms with Crippen LogP contribution in [0.25, 0.3) is 0 Å². The molecule has 0 bridgehead atoms. The average Bonchev–Trinajstić information content (AvgIpc) is 2.78. The van der Waals surface area contributed by atoms with E-state index in [9.17, 15) is 0 Å². The van der Waals surface area contributed by atoms with Crippen LogP contribution in [0.2, 0.25) is 0 Å². The fraction of sp³-hybridized carbons (Fsp3) is 0.643. The Morgan fingerprint density at radius 3 is 3.06 bits per heavy atom. The van der Waals surface area contributed by atoms with E-state index in [0.717, 1.165) is 12.2 Å². The van der Waals surface area contributed by atoms with E-state index in [1.807, 2.05) is 26.0 Å². The molecule has 0 spiro atoms. The summed E-state index contributed by atoms with van der Waals surface area (Å²) in [6.45, 7) is 4.77. The molecule has 2 unspecified atom stereocenters. The number of hydrogen-bond donors (Lipinski definition) is 2. The van der Waals surface area contributed by atoms with Gasteiger partial charge in [-0.2, -0.15) is 0 Å². The van der Waals surface area contributed by atoms with Gasteiger partial charge < -0.3 is 15.8 Å². The largest absolute Gasteiger partial charge is 0.473 e. The molecule has 0 radical (unpaired) electrons. The molecule has 0 saturated heterocycles. The first-order valence-electron chi connectivity index (χ1n) is 6.79. The van der Waals surface area contributed by atoms with Crippen LogP contribution in [0.4, 0.5) is 5.69 Å². The molecule has 0 amide bonds. The van der Waals surface area contributed by atoms with Crippen molar-refractivity contribution in [3.05, 3.63) is 18.3 Å². The lowest BCUT2D eigenvalue weighted by Crippen LogP contribution is -2.29. The van der Waals surface area contributed by atoms with E-state index in [1.54, 1.807) is 6.20 Å². The Bertz CT molecular complexity index is 381. The molecule has 1 aromatic rings. The van der Waals surface area contributed by atoms with Crippen molar-refractivity contribution in [2.24, 2.45) is 11.7 Å². The minimum Gasteiger partial charge on any atom is -0.473 e. The van der Waals surface area contributed by atoms with Crippen LogP contribution in [0, 0.1) is 5.92 Å². The molecular formula is C14H23N3O. The van der Waals surface area contributed by atoms with Gasteiger partial charge in [-0.1, -0.05) is 6.42 Å². The molecule has 1 fully saturated rings. The second-order valence-electron chi connectivity index (χ2n) is 5.20. The number of nitrogens with one attached hydrogen (secondary N) is 1. The first kappa shape index (κ1) is 13.1. The maximum Gasteiger partial charge on any atom is 0.237 e. The SMILES string of the molecule is CC(C)Oc1ncccc1NC1CCCC1CN. The van der Waals surface area contributed by atoms with Crippen LogP contribution >= 0.6 is 0 Å². The van der Waals surface area contributed by atoms with Gasteiger partial charge >= 0.3 is 0 Å². The zero-order valence-corrected chi connectivity index (χ0v) is 11.2. The van der Waals surface area contributed by atoms with Crippen LogP contribution in [-0.4, -0.2) is 23.7 Å². The minimum absolute atomic E-state index is 0.134. The minimum atomic E-state index is 0.134. The Labute approximate surface area is 109 Å². The van der Waals surface area contributed by atoms with Crippen molar-refractivity contribution in [2.75, 3.05) is 11.9 Å². The van der Waals surface area contributed by atoms with Gasteiger partial charge in [-0.15, -0.1) is 0 Å². The van der Waals surface area contributed by atoms with Gasteiger partial charge in [-0.25, -0.2) is 4.98 Å². The van der Waals surface area contributed by atoms with E-state index in [4.69, 9.17) is 10.5 Å². The van der Waals surface area contributed by atoms with Crippen molar-refractivity contribution >= 4 is 5.69 Å². The number of hydrogen-bond acceptors (Lipinski definition) is 4. The first-order chi connectivity index (χ1) is 8.70. The summed E-state index contributed by atoms with van der Waals surface area (Å²) in [5.41, 5.74) is 6.79. The molecule has 18 heavy (non-hydrogen) atoms. The summed E-state index contributed by atoms with van der Waals surface area (Å²) in [4.78, 5) is 4.30. The topological polar surface area (TPSA) is 60.2 Å². The first-order valence-corrected chi connectivity index (χ1v) is 6.79. The van der Waals surface area contributed by atoms with Crippen LogP contribution in [0.5, 0.6) is 5.88 Å². The summed E-state index contributed by atoms with van der Waals surface area (Å²) in [6.07, 6.45) is 5.54. The number of anilines is 1. The highest BCUT2D eigenvalue weighted by molar-refractivity contribution is 5.53. The summed E-state index contributed by atoms with van der Waals surface area (Å²) in [7, 11) is 0. The standard InChI is InChI=1S/C14H23N3O/c1-10(2)18-14-13(7-4-8-16-14)17-12-6-3-5-11(12)9-15/h4,7-8,10-12,17H,3,5-6,9,15H2,1-2H3. The molecule has 0 aliphatic heterocycles. The van der Waals surface area contributed by atoms with Crippen molar-refractivity contribution in [1.29, 1.82) is 0 Å². The van der Waals surface area contributed by atoms with E-state index < -0.39 is 0 Å². The molecule has 1 heterocycles. The Morgan fingerprint density at radius 2 is 2.33 bits per heavy atom. The predicted molar refractivity (Wildman–Crippen MR) is 73.8 cm³/mol. The van der Waals surface area contributed by atoms with Gasteiger partial charge in [0, 0.05) is 12.2 Å². The average molecular weight is 249 g/mol. The van der Waals surface area contributed by atoms with Crippen LogP contribution in [0.3, 0.4) is 0 Å². The molecule has 4 nitrogen and oxygen atoms in total. The molecular weight excluding hydrogens is 226 g/mol. The Balaban J connectivity index is 2.08. The lowest BCUT2D eigenvalue weighted by atomic mass is 10.0. The lowest BCUT2D eigenvalue weighted by molar-refractivity contribution is 0.233. The van der Waals surface area contributed by atoms with Gasteiger partial charge in [0.15, 0.2) is 0 Å².